The molecule has 0 radical (unpaired) electrons. The Morgan fingerprint density at radius 1 is 1.38 bits per heavy atom. The number of hydrogen-bond acceptors (Lipinski definition) is 2. The Balaban J connectivity index is 2.67. The lowest BCUT2D eigenvalue weighted by atomic mass is 10.2. The van der Waals surface area contributed by atoms with Crippen LogP contribution in [0.2, 0.25) is 0 Å². The summed E-state index contributed by atoms with van der Waals surface area (Å²) < 4.78 is 2.06. The van der Waals surface area contributed by atoms with Gasteiger partial charge in [-0.05, 0) is 13.8 Å². The van der Waals surface area contributed by atoms with E-state index in [9.17, 15) is 0 Å². The van der Waals surface area contributed by atoms with E-state index in [-0.39, 0.29) is 0 Å². The third kappa shape index (κ3) is 1.00. The van der Waals surface area contributed by atoms with E-state index >= 15 is 0 Å². The van der Waals surface area contributed by atoms with Gasteiger partial charge in [0.1, 0.15) is 11.6 Å². The van der Waals surface area contributed by atoms with Gasteiger partial charge in [0, 0.05) is 30.7 Å². The average Bonchev–Trinajstić information content (AvgIpc) is 2.44. The summed E-state index contributed by atoms with van der Waals surface area (Å²) in [4.78, 5) is 6.34. The molecular formula is C10H13N3. The smallest absolute Gasteiger partial charge is 0.142 e. The van der Waals surface area contributed by atoms with Crippen LogP contribution in [0.3, 0.4) is 0 Å². The van der Waals surface area contributed by atoms with E-state index in [2.05, 4.69) is 23.1 Å². The molecule has 0 saturated carbocycles. The zero-order valence-corrected chi connectivity index (χ0v) is 8.20. The Morgan fingerprint density at radius 3 is 2.77 bits per heavy atom. The Kier molecular flexibility index (Phi) is 1.55. The van der Waals surface area contributed by atoms with Crippen LogP contribution < -0.4 is 0 Å². The molecule has 2 rings (SSSR count). The third-order valence-corrected chi connectivity index (χ3v) is 2.34. The number of aryl methyl sites for hydroxylation is 1. The Bertz CT molecular complexity index is 398. The largest absolute Gasteiger partial charge is 0.337 e. The Labute approximate surface area is 78.0 Å². The molecule has 0 atom stereocenters. The van der Waals surface area contributed by atoms with Gasteiger partial charge in [-0.15, -0.1) is 0 Å². The highest BCUT2D eigenvalue weighted by molar-refractivity contribution is 5.67. The average molecular weight is 175 g/mol. The van der Waals surface area contributed by atoms with E-state index in [1.54, 1.807) is 0 Å². The van der Waals surface area contributed by atoms with E-state index in [1.165, 1.54) is 5.57 Å². The number of allylic oxidation sites excluding steroid dienone is 1. The lowest BCUT2D eigenvalue weighted by Crippen LogP contribution is -2.21. The molecular weight excluding hydrogens is 162 g/mol. The summed E-state index contributed by atoms with van der Waals surface area (Å²) >= 11 is 0. The van der Waals surface area contributed by atoms with Gasteiger partial charge < -0.3 is 4.90 Å². The number of aromatic nitrogens is 2. The topological polar surface area (TPSA) is 21.1 Å². The van der Waals surface area contributed by atoms with Crippen LogP contribution in [0.5, 0.6) is 0 Å². The summed E-state index contributed by atoms with van der Waals surface area (Å²) in [7, 11) is 1.99. The second kappa shape index (κ2) is 2.49. The molecule has 0 unspecified atom stereocenters. The minimum Gasteiger partial charge on any atom is -0.337 e. The van der Waals surface area contributed by atoms with Crippen molar-refractivity contribution in [3.8, 4) is 0 Å². The van der Waals surface area contributed by atoms with Gasteiger partial charge in [-0.25, -0.2) is 4.98 Å². The van der Waals surface area contributed by atoms with Gasteiger partial charge in [0.15, 0.2) is 0 Å². The summed E-state index contributed by atoms with van der Waals surface area (Å²) in [6, 6.07) is 0. The maximum absolute atomic E-state index is 4.33. The van der Waals surface area contributed by atoms with Crippen LogP contribution in [0.15, 0.2) is 19.0 Å². The first-order chi connectivity index (χ1) is 6.11. The highest BCUT2D eigenvalue weighted by Gasteiger charge is 2.17. The summed E-state index contributed by atoms with van der Waals surface area (Å²) in [5.74, 6) is 1.95. The lowest BCUT2D eigenvalue weighted by molar-refractivity contribution is 0.596. The van der Waals surface area contributed by atoms with Crippen LogP contribution in [-0.4, -0.2) is 21.5 Å². The molecule has 1 aliphatic rings. The van der Waals surface area contributed by atoms with Crippen molar-refractivity contribution in [2.45, 2.75) is 13.8 Å². The predicted molar refractivity (Wildman–Crippen MR) is 53.7 cm³/mol. The van der Waals surface area contributed by atoms with Crippen molar-refractivity contribution in [3.63, 3.8) is 0 Å². The van der Waals surface area contributed by atoms with Gasteiger partial charge in [-0.1, -0.05) is 6.58 Å². The molecule has 68 valence electrons. The molecule has 0 bridgehead atoms. The summed E-state index contributed by atoms with van der Waals surface area (Å²) in [6.07, 6.45) is 3.92. The summed E-state index contributed by atoms with van der Waals surface area (Å²) in [5.41, 5.74) is 2.29. The van der Waals surface area contributed by atoms with E-state index in [0.717, 1.165) is 17.3 Å². The summed E-state index contributed by atoms with van der Waals surface area (Å²) in [6.45, 7) is 8.10. The second-order valence-corrected chi connectivity index (χ2v) is 3.40. The molecule has 3 nitrogen and oxygen atoms in total. The Morgan fingerprint density at radius 2 is 2.08 bits per heavy atom. The zero-order valence-electron chi connectivity index (χ0n) is 8.20. The zero-order chi connectivity index (χ0) is 9.59. The molecule has 2 heterocycles. The highest BCUT2D eigenvalue weighted by atomic mass is 15.3. The molecule has 1 aliphatic heterocycles. The Hall–Kier alpha value is -1.51. The van der Waals surface area contributed by atoms with E-state index in [1.807, 2.05) is 31.3 Å². The molecule has 0 amide bonds. The van der Waals surface area contributed by atoms with Crippen LogP contribution >= 0.6 is 0 Å². The minimum absolute atomic E-state index is 0.954. The SMILES string of the molecule is C=C1N(C)C=C(C)c2ncc(C)n21. The van der Waals surface area contributed by atoms with Crippen LogP contribution in [0.25, 0.3) is 11.4 Å². The van der Waals surface area contributed by atoms with Crippen molar-refractivity contribution in [3.05, 3.63) is 30.5 Å². The molecule has 3 heteroatoms. The number of rotatable bonds is 0. The first-order valence-corrected chi connectivity index (χ1v) is 4.26. The quantitative estimate of drug-likeness (QED) is 0.600. The normalized spacial score (nSPS) is 15.8. The first-order valence-electron chi connectivity index (χ1n) is 4.26. The lowest BCUT2D eigenvalue weighted by Gasteiger charge is -2.26. The number of fused-ring (bicyclic) bond motifs is 1. The highest BCUT2D eigenvalue weighted by Crippen LogP contribution is 2.25. The van der Waals surface area contributed by atoms with Crippen LogP contribution in [0.4, 0.5) is 0 Å². The maximum Gasteiger partial charge on any atom is 0.142 e. The van der Waals surface area contributed by atoms with E-state index in [4.69, 9.17) is 0 Å². The summed E-state index contributed by atoms with van der Waals surface area (Å²) in [5, 5.41) is 0. The van der Waals surface area contributed by atoms with Crippen molar-refractivity contribution in [2.24, 2.45) is 0 Å². The molecule has 1 aromatic heterocycles. The van der Waals surface area contributed by atoms with Crippen LogP contribution in [-0.2, 0) is 0 Å². The number of imidazole rings is 1. The first kappa shape index (κ1) is 8.10. The monoisotopic (exact) mass is 175 g/mol. The molecule has 0 aliphatic carbocycles. The minimum atomic E-state index is 0.954. The van der Waals surface area contributed by atoms with Crippen LogP contribution in [0.1, 0.15) is 18.4 Å². The van der Waals surface area contributed by atoms with Gasteiger partial charge in [-0.3, -0.25) is 4.57 Å². The molecule has 0 fully saturated rings. The molecule has 1 aromatic rings. The van der Waals surface area contributed by atoms with Gasteiger partial charge >= 0.3 is 0 Å². The van der Waals surface area contributed by atoms with Crippen molar-refractivity contribution in [1.82, 2.24) is 14.5 Å². The van der Waals surface area contributed by atoms with Gasteiger partial charge in [-0.2, -0.15) is 0 Å². The van der Waals surface area contributed by atoms with E-state index in [0.29, 0.717) is 0 Å². The fourth-order valence-electron chi connectivity index (χ4n) is 1.62. The van der Waals surface area contributed by atoms with Crippen molar-refractivity contribution < 1.29 is 0 Å². The van der Waals surface area contributed by atoms with Gasteiger partial charge in [0.05, 0.1) is 0 Å². The van der Waals surface area contributed by atoms with Gasteiger partial charge in [0.2, 0.25) is 0 Å². The predicted octanol–water partition coefficient (Wildman–Crippen LogP) is 1.93. The molecule has 13 heavy (non-hydrogen) atoms. The van der Waals surface area contributed by atoms with Crippen LogP contribution in [0, 0.1) is 6.92 Å². The molecule has 0 N–H and O–H groups in total. The fraction of sp³-hybridized carbons (Fsp3) is 0.300. The van der Waals surface area contributed by atoms with Crippen molar-refractivity contribution in [1.29, 1.82) is 0 Å². The number of nitrogens with zero attached hydrogens (tertiary/aromatic N) is 3. The fourth-order valence-corrected chi connectivity index (χ4v) is 1.62. The van der Waals surface area contributed by atoms with Gasteiger partial charge in [0.25, 0.3) is 0 Å². The molecule has 0 spiro atoms. The third-order valence-electron chi connectivity index (χ3n) is 2.34. The molecule has 0 aromatic carbocycles. The maximum atomic E-state index is 4.33. The second-order valence-electron chi connectivity index (χ2n) is 3.40. The molecule has 0 saturated heterocycles. The standard InChI is InChI=1S/C10H13N3/c1-7-6-12(4)9(3)13-8(2)5-11-10(7)13/h5-6H,3H2,1-2,4H3. The van der Waals surface area contributed by atoms with Crippen molar-refractivity contribution >= 4 is 11.4 Å². The number of hydrogen-bond donors (Lipinski definition) is 0. The van der Waals surface area contributed by atoms with Crippen molar-refractivity contribution in [2.75, 3.05) is 7.05 Å². The van der Waals surface area contributed by atoms with E-state index < -0.39 is 0 Å².